The van der Waals surface area contributed by atoms with Crippen LogP contribution < -0.4 is 14.4 Å². The zero-order chi connectivity index (χ0) is 27.0. The van der Waals surface area contributed by atoms with E-state index < -0.39 is 34.3 Å². The highest BCUT2D eigenvalue weighted by Crippen LogP contribution is 2.25. The third-order valence-electron chi connectivity index (χ3n) is 5.75. The molecule has 0 aromatic heterocycles. The predicted molar refractivity (Wildman–Crippen MR) is 139 cm³/mol. The van der Waals surface area contributed by atoms with Crippen LogP contribution in [0.25, 0.3) is 0 Å². The third-order valence-corrected chi connectivity index (χ3v) is 7.54. The fourth-order valence-electron chi connectivity index (χ4n) is 3.69. The minimum Gasteiger partial charge on any atom is -0.497 e. The molecule has 0 saturated heterocycles. The molecule has 0 radical (unpaired) electrons. The van der Waals surface area contributed by atoms with Crippen molar-refractivity contribution in [3.8, 4) is 5.75 Å². The number of hydrogen-bond donors (Lipinski definition) is 1. The lowest BCUT2D eigenvalue weighted by Gasteiger charge is -2.32. The number of halogens is 1. The molecule has 0 saturated carbocycles. The Morgan fingerprint density at radius 1 is 0.973 bits per heavy atom. The fraction of sp³-hybridized carbons (Fsp3) is 0.259. The summed E-state index contributed by atoms with van der Waals surface area (Å²) in [4.78, 5) is 27.7. The first-order valence-corrected chi connectivity index (χ1v) is 13.1. The number of ether oxygens (including phenoxy) is 1. The summed E-state index contributed by atoms with van der Waals surface area (Å²) in [6, 6.07) is 18.6. The van der Waals surface area contributed by atoms with Gasteiger partial charge in [0.1, 0.15) is 24.2 Å². The highest BCUT2D eigenvalue weighted by molar-refractivity contribution is 7.92. The molecule has 1 atom stereocenters. The Kier molecular flexibility index (Phi) is 9.24. The van der Waals surface area contributed by atoms with E-state index in [1.54, 1.807) is 63.4 Å². The van der Waals surface area contributed by atoms with Crippen LogP contribution in [-0.4, -0.2) is 51.4 Å². The fourth-order valence-corrected chi connectivity index (χ4v) is 5.12. The molecule has 1 unspecified atom stereocenters. The van der Waals surface area contributed by atoms with Crippen LogP contribution in [0, 0.1) is 5.82 Å². The minimum atomic E-state index is -4.19. The van der Waals surface area contributed by atoms with Gasteiger partial charge in [0.15, 0.2) is 0 Å². The van der Waals surface area contributed by atoms with Crippen molar-refractivity contribution in [2.24, 2.45) is 0 Å². The molecule has 3 aromatic carbocycles. The van der Waals surface area contributed by atoms with Gasteiger partial charge in [0.2, 0.25) is 11.8 Å². The van der Waals surface area contributed by atoms with Gasteiger partial charge < -0.3 is 15.0 Å². The largest absolute Gasteiger partial charge is 0.497 e. The Labute approximate surface area is 216 Å². The van der Waals surface area contributed by atoms with Gasteiger partial charge in [-0.25, -0.2) is 12.8 Å². The van der Waals surface area contributed by atoms with Gasteiger partial charge in [0, 0.05) is 13.1 Å². The standard InChI is InChI=1S/C27H30FN3O5S/c1-4-29-27(33)20(2)30(18-21-10-16-24(36-3)17-11-21)26(32)19-31(23-14-12-22(28)13-15-23)37(34,35)25-8-6-5-7-9-25/h5-17,20H,4,18-19H2,1-3H3,(H,29,33). The molecule has 10 heteroatoms. The number of nitrogens with zero attached hydrogens (tertiary/aromatic N) is 2. The number of rotatable bonds is 11. The molecule has 1 N–H and O–H groups in total. The van der Waals surface area contributed by atoms with Crippen LogP contribution in [0.5, 0.6) is 5.75 Å². The number of likely N-dealkylation sites (N-methyl/N-ethyl adjacent to an activating group) is 1. The number of hydrogen-bond acceptors (Lipinski definition) is 5. The molecule has 0 aliphatic heterocycles. The molecule has 3 rings (SSSR count). The van der Waals surface area contributed by atoms with Gasteiger partial charge in [-0.05, 0) is 67.9 Å². The third kappa shape index (κ3) is 6.85. The van der Waals surface area contributed by atoms with E-state index >= 15 is 0 Å². The number of anilines is 1. The van der Waals surface area contributed by atoms with E-state index in [0.717, 1.165) is 22.0 Å². The molecule has 37 heavy (non-hydrogen) atoms. The van der Waals surface area contributed by atoms with Crippen LogP contribution >= 0.6 is 0 Å². The Hall–Kier alpha value is -3.92. The van der Waals surface area contributed by atoms with E-state index in [4.69, 9.17) is 4.74 Å². The zero-order valence-electron chi connectivity index (χ0n) is 20.9. The van der Waals surface area contributed by atoms with Crippen LogP contribution in [0.2, 0.25) is 0 Å². The van der Waals surface area contributed by atoms with E-state index in [0.29, 0.717) is 12.3 Å². The molecule has 0 heterocycles. The van der Waals surface area contributed by atoms with Crippen LogP contribution in [0.4, 0.5) is 10.1 Å². The number of carbonyl (C=O) groups excluding carboxylic acids is 2. The van der Waals surface area contributed by atoms with Crippen LogP contribution in [0.3, 0.4) is 0 Å². The van der Waals surface area contributed by atoms with Crippen molar-refractivity contribution < 1.29 is 27.1 Å². The lowest BCUT2D eigenvalue weighted by atomic mass is 10.1. The maximum atomic E-state index is 13.7. The average molecular weight is 528 g/mol. The number of carbonyl (C=O) groups is 2. The van der Waals surface area contributed by atoms with Gasteiger partial charge in [-0.1, -0.05) is 30.3 Å². The first-order valence-electron chi connectivity index (χ1n) is 11.7. The number of methoxy groups -OCH3 is 1. The Bertz CT molecular complexity index is 1300. The normalized spacial score (nSPS) is 11.9. The topological polar surface area (TPSA) is 96.0 Å². The Balaban J connectivity index is 1.99. The molecule has 3 aromatic rings. The van der Waals surface area contributed by atoms with Crippen molar-refractivity contribution in [2.45, 2.75) is 31.3 Å². The maximum absolute atomic E-state index is 13.7. The number of nitrogens with one attached hydrogen (secondary N) is 1. The van der Waals surface area contributed by atoms with Gasteiger partial charge in [-0.3, -0.25) is 13.9 Å². The summed E-state index contributed by atoms with van der Waals surface area (Å²) < 4.78 is 46.9. The zero-order valence-corrected chi connectivity index (χ0v) is 21.7. The molecule has 0 aliphatic rings. The van der Waals surface area contributed by atoms with E-state index in [-0.39, 0.29) is 23.0 Å². The second-order valence-corrected chi connectivity index (χ2v) is 10.1. The maximum Gasteiger partial charge on any atom is 0.264 e. The van der Waals surface area contributed by atoms with Gasteiger partial charge in [-0.2, -0.15) is 0 Å². The Morgan fingerprint density at radius 3 is 2.16 bits per heavy atom. The summed E-state index contributed by atoms with van der Waals surface area (Å²) in [5.41, 5.74) is 0.846. The van der Waals surface area contributed by atoms with Gasteiger partial charge in [0.25, 0.3) is 10.0 Å². The monoisotopic (exact) mass is 527 g/mol. The smallest absolute Gasteiger partial charge is 0.264 e. The van der Waals surface area contributed by atoms with Crippen LogP contribution in [-0.2, 0) is 26.2 Å². The molecule has 2 amide bonds. The average Bonchev–Trinajstić information content (AvgIpc) is 2.91. The van der Waals surface area contributed by atoms with Crippen molar-refractivity contribution in [3.63, 3.8) is 0 Å². The molecular weight excluding hydrogens is 497 g/mol. The molecule has 0 bridgehead atoms. The summed E-state index contributed by atoms with van der Waals surface area (Å²) in [6.07, 6.45) is 0. The molecule has 0 aliphatic carbocycles. The number of benzene rings is 3. The summed E-state index contributed by atoms with van der Waals surface area (Å²) in [6.45, 7) is 3.19. The lowest BCUT2D eigenvalue weighted by molar-refractivity contribution is -0.139. The van der Waals surface area contributed by atoms with Crippen molar-refractivity contribution in [1.82, 2.24) is 10.2 Å². The molecule has 0 fully saturated rings. The first kappa shape index (κ1) is 27.7. The van der Waals surface area contributed by atoms with Crippen molar-refractivity contribution >= 4 is 27.5 Å². The molecular formula is C27H30FN3O5S. The van der Waals surface area contributed by atoms with Gasteiger partial charge >= 0.3 is 0 Å². The second kappa shape index (κ2) is 12.4. The molecule has 8 nitrogen and oxygen atoms in total. The molecule has 0 spiro atoms. The van der Waals surface area contributed by atoms with E-state index in [2.05, 4.69) is 5.32 Å². The van der Waals surface area contributed by atoms with Gasteiger partial charge in [-0.15, -0.1) is 0 Å². The highest BCUT2D eigenvalue weighted by atomic mass is 32.2. The quantitative estimate of drug-likeness (QED) is 0.411. The minimum absolute atomic E-state index is 0.0226. The summed E-state index contributed by atoms with van der Waals surface area (Å²) >= 11 is 0. The van der Waals surface area contributed by atoms with E-state index in [1.807, 2.05) is 0 Å². The lowest BCUT2D eigenvalue weighted by Crippen LogP contribution is -2.51. The van der Waals surface area contributed by atoms with Gasteiger partial charge in [0.05, 0.1) is 17.7 Å². The second-order valence-electron chi connectivity index (χ2n) is 8.24. The van der Waals surface area contributed by atoms with E-state index in [9.17, 15) is 22.4 Å². The SMILES string of the molecule is CCNC(=O)C(C)N(Cc1ccc(OC)cc1)C(=O)CN(c1ccc(F)cc1)S(=O)(=O)c1ccccc1. The Morgan fingerprint density at radius 2 is 1.59 bits per heavy atom. The predicted octanol–water partition coefficient (Wildman–Crippen LogP) is 3.58. The van der Waals surface area contributed by atoms with Crippen molar-refractivity contribution in [2.75, 3.05) is 24.5 Å². The number of amides is 2. The summed E-state index contributed by atoms with van der Waals surface area (Å²) in [7, 11) is -2.65. The first-order chi connectivity index (χ1) is 17.7. The van der Waals surface area contributed by atoms with Crippen LogP contribution in [0.1, 0.15) is 19.4 Å². The van der Waals surface area contributed by atoms with Crippen LogP contribution in [0.15, 0.2) is 83.8 Å². The van der Waals surface area contributed by atoms with Crippen molar-refractivity contribution in [3.05, 3.63) is 90.2 Å². The summed E-state index contributed by atoms with van der Waals surface area (Å²) in [5.74, 6) is -0.880. The number of sulfonamides is 1. The molecule has 196 valence electrons. The van der Waals surface area contributed by atoms with E-state index in [1.165, 1.54) is 29.2 Å². The summed E-state index contributed by atoms with van der Waals surface area (Å²) in [5, 5.41) is 2.71. The highest BCUT2D eigenvalue weighted by Gasteiger charge is 2.32. The van der Waals surface area contributed by atoms with Crippen molar-refractivity contribution in [1.29, 1.82) is 0 Å².